The van der Waals surface area contributed by atoms with E-state index in [9.17, 15) is 0 Å². The van der Waals surface area contributed by atoms with Crippen molar-refractivity contribution in [3.8, 4) is 5.82 Å². The molecule has 0 atom stereocenters. The smallest absolute Gasteiger partial charge is 0.146 e. The summed E-state index contributed by atoms with van der Waals surface area (Å²) in [7, 11) is 1.88. The number of hydrogen-bond acceptors (Lipinski definition) is 4. The van der Waals surface area contributed by atoms with E-state index in [0.29, 0.717) is 0 Å². The number of nitrogens with zero attached hydrogens (tertiary/aromatic N) is 4. The highest BCUT2D eigenvalue weighted by Gasteiger charge is 2.13. The average molecular weight is 245 g/mol. The summed E-state index contributed by atoms with van der Waals surface area (Å²) in [6, 6.07) is 0. The van der Waals surface area contributed by atoms with Crippen LogP contribution < -0.4 is 5.32 Å². The zero-order valence-electron chi connectivity index (χ0n) is 11.4. The Morgan fingerprint density at radius 2 is 2.00 bits per heavy atom. The summed E-state index contributed by atoms with van der Waals surface area (Å²) in [6.07, 6.45) is 5.46. The lowest BCUT2D eigenvalue weighted by Crippen LogP contribution is -2.10. The van der Waals surface area contributed by atoms with Crippen LogP contribution in [0.15, 0.2) is 12.4 Å². The number of rotatable bonds is 4. The van der Waals surface area contributed by atoms with Gasteiger partial charge in [0.2, 0.25) is 0 Å². The van der Waals surface area contributed by atoms with Crippen molar-refractivity contribution in [2.24, 2.45) is 0 Å². The van der Waals surface area contributed by atoms with E-state index in [-0.39, 0.29) is 0 Å². The highest BCUT2D eigenvalue weighted by atomic mass is 15.2. The molecule has 0 bridgehead atoms. The minimum Gasteiger partial charge on any atom is -0.373 e. The molecule has 0 amide bonds. The van der Waals surface area contributed by atoms with Gasteiger partial charge in [0, 0.05) is 37.8 Å². The third kappa shape index (κ3) is 2.08. The topological polar surface area (TPSA) is 55.6 Å². The van der Waals surface area contributed by atoms with E-state index in [0.717, 1.165) is 41.7 Å². The molecule has 0 aliphatic rings. The lowest BCUT2D eigenvalue weighted by Gasteiger charge is -2.13. The van der Waals surface area contributed by atoms with Crippen LogP contribution in [-0.4, -0.2) is 26.6 Å². The van der Waals surface area contributed by atoms with Crippen molar-refractivity contribution in [1.29, 1.82) is 0 Å². The molecule has 2 aromatic rings. The van der Waals surface area contributed by atoms with Crippen molar-refractivity contribution in [3.05, 3.63) is 29.6 Å². The zero-order chi connectivity index (χ0) is 13.1. The largest absolute Gasteiger partial charge is 0.373 e. The quantitative estimate of drug-likeness (QED) is 0.896. The maximum atomic E-state index is 4.62. The molecule has 0 aliphatic heterocycles. The molecule has 2 rings (SSSR count). The molecule has 2 aromatic heterocycles. The molecule has 0 spiro atoms. The van der Waals surface area contributed by atoms with E-state index < -0.39 is 0 Å². The first-order chi connectivity index (χ1) is 8.71. The number of anilines is 1. The molecule has 0 saturated carbocycles. The first kappa shape index (κ1) is 12.5. The Labute approximate surface area is 107 Å². The van der Waals surface area contributed by atoms with Crippen LogP contribution in [0.1, 0.15) is 31.1 Å². The van der Waals surface area contributed by atoms with Gasteiger partial charge in [0.25, 0.3) is 0 Å². The van der Waals surface area contributed by atoms with Crippen LogP contribution in [-0.2, 0) is 12.8 Å². The number of hydrogen-bond donors (Lipinski definition) is 1. The second-order valence-corrected chi connectivity index (χ2v) is 4.11. The summed E-state index contributed by atoms with van der Waals surface area (Å²) in [5.41, 5.74) is 1.04. The third-order valence-electron chi connectivity index (χ3n) is 2.98. The predicted octanol–water partition coefficient (Wildman–Crippen LogP) is 2.14. The Balaban J connectivity index is 2.62. The second-order valence-electron chi connectivity index (χ2n) is 4.11. The van der Waals surface area contributed by atoms with Gasteiger partial charge in [0.1, 0.15) is 23.3 Å². The fraction of sp³-hybridized carbons (Fsp3) is 0.462. The van der Waals surface area contributed by atoms with Gasteiger partial charge in [-0.1, -0.05) is 13.8 Å². The molecular formula is C13H19N5. The minimum atomic E-state index is 0.818. The lowest BCUT2D eigenvalue weighted by atomic mass is 10.2. The van der Waals surface area contributed by atoms with Gasteiger partial charge in [-0.05, 0) is 6.92 Å². The van der Waals surface area contributed by atoms with Gasteiger partial charge in [-0.2, -0.15) is 0 Å². The molecule has 2 heterocycles. The van der Waals surface area contributed by atoms with Crippen LogP contribution in [0, 0.1) is 6.92 Å². The van der Waals surface area contributed by atoms with E-state index in [1.165, 1.54) is 0 Å². The van der Waals surface area contributed by atoms with Crippen LogP contribution in [0.25, 0.3) is 5.82 Å². The predicted molar refractivity (Wildman–Crippen MR) is 72.2 cm³/mol. The van der Waals surface area contributed by atoms with Crippen molar-refractivity contribution >= 4 is 5.82 Å². The molecule has 18 heavy (non-hydrogen) atoms. The van der Waals surface area contributed by atoms with Gasteiger partial charge < -0.3 is 5.32 Å². The Bertz CT molecular complexity index is 544. The van der Waals surface area contributed by atoms with Gasteiger partial charge in [0.15, 0.2) is 0 Å². The normalized spacial score (nSPS) is 10.7. The van der Waals surface area contributed by atoms with Gasteiger partial charge in [-0.3, -0.25) is 4.57 Å². The van der Waals surface area contributed by atoms with Crippen molar-refractivity contribution in [2.45, 2.75) is 33.6 Å². The number of imidazole rings is 1. The summed E-state index contributed by atoms with van der Waals surface area (Å²) in [5.74, 6) is 3.66. The van der Waals surface area contributed by atoms with Crippen LogP contribution in [0.5, 0.6) is 0 Å². The van der Waals surface area contributed by atoms with E-state index in [4.69, 9.17) is 0 Å². The zero-order valence-corrected chi connectivity index (χ0v) is 11.4. The maximum Gasteiger partial charge on any atom is 0.146 e. The molecule has 0 radical (unpaired) electrons. The first-order valence-corrected chi connectivity index (χ1v) is 6.29. The molecule has 0 aliphatic carbocycles. The van der Waals surface area contributed by atoms with Crippen molar-refractivity contribution < 1.29 is 0 Å². The fourth-order valence-corrected chi connectivity index (χ4v) is 1.97. The van der Waals surface area contributed by atoms with Gasteiger partial charge in [0.05, 0.1) is 0 Å². The summed E-state index contributed by atoms with van der Waals surface area (Å²) in [5, 5.41) is 3.12. The number of nitrogens with one attached hydrogen (secondary N) is 1. The van der Waals surface area contributed by atoms with Gasteiger partial charge >= 0.3 is 0 Å². The van der Waals surface area contributed by atoms with Gasteiger partial charge in [-0.25, -0.2) is 15.0 Å². The van der Waals surface area contributed by atoms with E-state index in [2.05, 4.69) is 34.1 Å². The Morgan fingerprint density at radius 1 is 1.22 bits per heavy atom. The monoisotopic (exact) mass is 245 g/mol. The molecule has 0 aromatic carbocycles. The SMILES string of the molecule is CCc1nc(NC)c(C)c(-n2ccnc2CC)n1. The second kappa shape index (κ2) is 5.16. The number of aromatic nitrogens is 4. The summed E-state index contributed by atoms with van der Waals surface area (Å²) in [6.45, 7) is 6.18. The van der Waals surface area contributed by atoms with Crippen LogP contribution in [0.4, 0.5) is 5.82 Å². The lowest BCUT2D eigenvalue weighted by molar-refractivity contribution is 0.827. The average Bonchev–Trinajstić information content (AvgIpc) is 2.87. The summed E-state index contributed by atoms with van der Waals surface area (Å²) < 4.78 is 2.04. The van der Waals surface area contributed by atoms with E-state index >= 15 is 0 Å². The summed E-state index contributed by atoms with van der Waals surface area (Å²) in [4.78, 5) is 13.4. The summed E-state index contributed by atoms with van der Waals surface area (Å²) >= 11 is 0. The van der Waals surface area contributed by atoms with Crippen LogP contribution in [0.2, 0.25) is 0 Å². The highest BCUT2D eigenvalue weighted by molar-refractivity contribution is 5.51. The molecular weight excluding hydrogens is 226 g/mol. The highest BCUT2D eigenvalue weighted by Crippen LogP contribution is 2.20. The van der Waals surface area contributed by atoms with Gasteiger partial charge in [-0.15, -0.1) is 0 Å². The van der Waals surface area contributed by atoms with Crippen molar-refractivity contribution in [3.63, 3.8) is 0 Å². The molecule has 0 unspecified atom stereocenters. The molecule has 0 fully saturated rings. The van der Waals surface area contributed by atoms with Crippen LogP contribution >= 0.6 is 0 Å². The first-order valence-electron chi connectivity index (χ1n) is 6.29. The van der Waals surface area contributed by atoms with Crippen molar-refractivity contribution in [2.75, 3.05) is 12.4 Å². The molecule has 96 valence electrons. The maximum absolute atomic E-state index is 4.62. The molecule has 5 nitrogen and oxygen atoms in total. The minimum absolute atomic E-state index is 0.818. The molecule has 5 heteroatoms. The van der Waals surface area contributed by atoms with Crippen molar-refractivity contribution in [1.82, 2.24) is 19.5 Å². The third-order valence-corrected chi connectivity index (χ3v) is 2.98. The van der Waals surface area contributed by atoms with E-state index in [1.54, 1.807) is 0 Å². The molecule has 0 saturated heterocycles. The van der Waals surface area contributed by atoms with E-state index in [1.807, 2.05) is 30.9 Å². The fourth-order valence-electron chi connectivity index (χ4n) is 1.97. The Hall–Kier alpha value is -1.91. The van der Waals surface area contributed by atoms with Crippen LogP contribution in [0.3, 0.4) is 0 Å². The molecule has 1 N–H and O–H groups in total. The number of aryl methyl sites for hydroxylation is 2. The Morgan fingerprint density at radius 3 is 2.61 bits per heavy atom. The standard InChI is InChI=1S/C13H19N5/c1-5-10-16-12(14-4)9(3)13(17-10)18-8-7-15-11(18)6-2/h7-8H,5-6H2,1-4H3,(H,14,16,17). The Kier molecular flexibility index (Phi) is 3.60.